The molecule has 0 unspecified atom stereocenters. The average Bonchev–Trinajstić information content (AvgIpc) is 2.69. The molecule has 6 heteroatoms. The summed E-state index contributed by atoms with van der Waals surface area (Å²) in [6.07, 6.45) is 4.56. The van der Waals surface area contributed by atoms with Crippen LogP contribution in [0.15, 0.2) is 36.7 Å². The molecule has 0 radical (unpaired) electrons. The number of piperidine rings is 1. The van der Waals surface area contributed by atoms with Gasteiger partial charge in [0.05, 0.1) is 7.11 Å². The molecule has 1 aromatic heterocycles. The van der Waals surface area contributed by atoms with E-state index >= 15 is 0 Å². The SMILES string of the molecule is COc1ccc(CCNC(=O)c2cc(N3CCC(C)CC3)ncn2)cc1. The fourth-order valence-electron chi connectivity index (χ4n) is 3.08. The molecule has 0 bridgehead atoms. The molecule has 6 nitrogen and oxygen atoms in total. The van der Waals surface area contributed by atoms with Crippen molar-refractivity contribution in [3.8, 4) is 5.75 Å². The summed E-state index contributed by atoms with van der Waals surface area (Å²) in [5, 5.41) is 2.93. The molecule has 1 saturated heterocycles. The lowest BCUT2D eigenvalue weighted by Crippen LogP contribution is -2.34. The van der Waals surface area contributed by atoms with Crippen LogP contribution in [0.2, 0.25) is 0 Å². The largest absolute Gasteiger partial charge is 0.497 e. The van der Waals surface area contributed by atoms with Crippen LogP contribution >= 0.6 is 0 Å². The first-order valence-corrected chi connectivity index (χ1v) is 9.14. The number of aromatic nitrogens is 2. The summed E-state index contributed by atoms with van der Waals surface area (Å²) in [7, 11) is 1.65. The number of nitrogens with one attached hydrogen (secondary N) is 1. The number of carbonyl (C=O) groups excluding carboxylic acids is 1. The van der Waals surface area contributed by atoms with Gasteiger partial charge < -0.3 is 15.0 Å². The van der Waals surface area contributed by atoms with Gasteiger partial charge in [-0.1, -0.05) is 19.1 Å². The zero-order valence-electron chi connectivity index (χ0n) is 15.4. The van der Waals surface area contributed by atoms with Crippen LogP contribution in [-0.2, 0) is 6.42 Å². The van der Waals surface area contributed by atoms with Crippen molar-refractivity contribution in [1.82, 2.24) is 15.3 Å². The molecular formula is C20H26N4O2. The molecule has 1 N–H and O–H groups in total. The van der Waals surface area contributed by atoms with Crippen molar-refractivity contribution >= 4 is 11.7 Å². The van der Waals surface area contributed by atoms with Crippen molar-refractivity contribution in [2.75, 3.05) is 31.6 Å². The van der Waals surface area contributed by atoms with Crippen molar-refractivity contribution in [2.24, 2.45) is 5.92 Å². The lowest BCUT2D eigenvalue weighted by Gasteiger charge is -2.31. The predicted octanol–water partition coefficient (Wildman–Crippen LogP) is 2.69. The number of hydrogen-bond donors (Lipinski definition) is 1. The van der Waals surface area contributed by atoms with Crippen molar-refractivity contribution in [1.29, 1.82) is 0 Å². The second-order valence-electron chi connectivity index (χ2n) is 6.78. The number of carbonyl (C=O) groups is 1. The Morgan fingerprint density at radius 2 is 1.96 bits per heavy atom. The highest BCUT2D eigenvalue weighted by Crippen LogP contribution is 2.21. The molecule has 3 rings (SSSR count). The summed E-state index contributed by atoms with van der Waals surface area (Å²) < 4.78 is 5.15. The maximum atomic E-state index is 12.4. The van der Waals surface area contributed by atoms with Gasteiger partial charge in [0.2, 0.25) is 0 Å². The van der Waals surface area contributed by atoms with E-state index in [1.807, 2.05) is 24.3 Å². The highest BCUT2D eigenvalue weighted by molar-refractivity contribution is 5.92. The van der Waals surface area contributed by atoms with E-state index in [0.717, 1.165) is 55.4 Å². The standard InChI is InChI=1S/C20H26N4O2/c1-15-8-11-24(12-9-15)19-13-18(22-14-23-19)20(25)21-10-7-16-3-5-17(26-2)6-4-16/h3-6,13-15H,7-12H2,1-2H3,(H,21,25). The van der Waals surface area contributed by atoms with Gasteiger partial charge in [0.15, 0.2) is 0 Å². The summed E-state index contributed by atoms with van der Waals surface area (Å²) in [6, 6.07) is 9.65. The lowest BCUT2D eigenvalue weighted by molar-refractivity contribution is 0.0949. The van der Waals surface area contributed by atoms with E-state index in [1.165, 1.54) is 6.33 Å². The smallest absolute Gasteiger partial charge is 0.270 e. The molecule has 138 valence electrons. The Morgan fingerprint density at radius 3 is 2.65 bits per heavy atom. The van der Waals surface area contributed by atoms with Crippen molar-refractivity contribution in [3.05, 3.63) is 47.9 Å². The van der Waals surface area contributed by atoms with E-state index in [9.17, 15) is 4.79 Å². The first-order chi connectivity index (χ1) is 12.7. The van der Waals surface area contributed by atoms with Crippen LogP contribution < -0.4 is 15.0 Å². The third kappa shape index (κ3) is 4.71. The quantitative estimate of drug-likeness (QED) is 0.864. The van der Waals surface area contributed by atoms with E-state index in [1.54, 1.807) is 13.2 Å². The minimum Gasteiger partial charge on any atom is -0.497 e. The van der Waals surface area contributed by atoms with Gasteiger partial charge in [-0.3, -0.25) is 4.79 Å². The van der Waals surface area contributed by atoms with Gasteiger partial charge in [-0.05, 0) is 42.9 Å². The van der Waals surface area contributed by atoms with Gasteiger partial charge in [-0.25, -0.2) is 9.97 Å². The fourth-order valence-corrected chi connectivity index (χ4v) is 3.08. The van der Waals surface area contributed by atoms with Crippen LogP contribution in [0.3, 0.4) is 0 Å². The Balaban J connectivity index is 1.53. The number of hydrogen-bond acceptors (Lipinski definition) is 5. The first kappa shape index (κ1) is 18.2. The molecule has 0 aliphatic carbocycles. The molecule has 2 aromatic rings. The summed E-state index contributed by atoms with van der Waals surface area (Å²) in [4.78, 5) is 23.1. The van der Waals surface area contributed by atoms with E-state index in [-0.39, 0.29) is 5.91 Å². The second-order valence-corrected chi connectivity index (χ2v) is 6.78. The van der Waals surface area contributed by atoms with Crippen molar-refractivity contribution < 1.29 is 9.53 Å². The van der Waals surface area contributed by atoms with Gasteiger partial charge in [0.1, 0.15) is 23.6 Å². The number of rotatable bonds is 6. The molecule has 1 amide bonds. The molecule has 1 fully saturated rings. The first-order valence-electron chi connectivity index (χ1n) is 9.14. The van der Waals surface area contributed by atoms with E-state index in [2.05, 4.69) is 27.1 Å². The van der Waals surface area contributed by atoms with Crippen LogP contribution in [0, 0.1) is 5.92 Å². The Hall–Kier alpha value is -2.63. The lowest BCUT2D eigenvalue weighted by atomic mass is 9.99. The molecule has 1 aliphatic rings. The zero-order valence-corrected chi connectivity index (χ0v) is 15.4. The highest BCUT2D eigenvalue weighted by Gasteiger charge is 2.18. The van der Waals surface area contributed by atoms with Crippen LogP contribution in [0.4, 0.5) is 5.82 Å². The topological polar surface area (TPSA) is 67.3 Å². The van der Waals surface area contributed by atoms with Gasteiger partial charge in [0, 0.05) is 25.7 Å². The minimum absolute atomic E-state index is 0.160. The Labute approximate surface area is 154 Å². The van der Waals surface area contributed by atoms with Gasteiger partial charge in [-0.2, -0.15) is 0 Å². The number of amides is 1. The Kier molecular flexibility index (Phi) is 6.04. The third-order valence-electron chi connectivity index (χ3n) is 4.85. The molecule has 26 heavy (non-hydrogen) atoms. The van der Waals surface area contributed by atoms with Crippen LogP contribution in [0.25, 0.3) is 0 Å². The monoisotopic (exact) mass is 354 g/mol. The Morgan fingerprint density at radius 1 is 1.23 bits per heavy atom. The van der Waals surface area contributed by atoms with Gasteiger partial charge in [-0.15, -0.1) is 0 Å². The summed E-state index contributed by atoms with van der Waals surface area (Å²) in [5.41, 5.74) is 1.57. The minimum atomic E-state index is -0.160. The average molecular weight is 354 g/mol. The van der Waals surface area contributed by atoms with Crippen molar-refractivity contribution in [3.63, 3.8) is 0 Å². The van der Waals surface area contributed by atoms with Crippen molar-refractivity contribution in [2.45, 2.75) is 26.2 Å². The summed E-state index contributed by atoms with van der Waals surface area (Å²) >= 11 is 0. The number of ether oxygens (including phenoxy) is 1. The number of methoxy groups -OCH3 is 1. The molecule has 1 aromatic carbocycles. The molecule has 2 heterocycles. The van der Waals surface area contributed by atoms with Crippen LogP contribution in [-0.4, -0.2) is 42.6 Å². The maximum Gasteiger partial charge on any atom is 0.270 e. The number of anilines is 1. The predicted molar refractivity (Wildman–Crippen MR) is 102 cm³/mol. The van der Waals surface area contributed by atoms with E-state index < -0.39 is 0 Å². The fraction of sp³-hybridized carbons (Fsp3) is 0.450. The summed E-state index contributed by atoms with van der Waals surface area (Å²) in [5.74, 6) is 2.27. The normalized spacial score (nSPS) is 14.9. The molecule has 0 atom stereocenters. The molecule has 1 aliphatic heterocycles. The second kappa shape index (κ2) is 8.65. The molecule has 0 saturated carbocycles. The molecular weight excluding hydrogens is 328 g/mol. The Bertz CT molecular complexity index is 725. The highest BCUT2D eigenvalue weighted by atomic mass is 16.5. The molecule has 0 spiro atoms. The van der Waals surface area contributed by atoms with Crippen LogP contribution in [0.5, 0.6) is 5.75 Å². The zero-order chi connectivity index (χ0) is 18.4. The number of benzene rings is 1. The van der Waals surface area contributed by atoms with Gasteiger partial charge >= 0.3 is 0 Å². The maximum absolute atomic E-state index is 12.4. The van der Waals surface area contributed by atoms with Crippen LogP contribution in [0.1, 0.15) is 35.8 Å². The van der Waals surface area contributed by atoms with E-state index in [4.69, 9.17) is 4.74 Å². The number of nitrogens with zero attached hydrogens (tertiary/aromatic N) is 3. The summed E-state index contributed by atoms with van der Waals surface area (Å²) in [6.45, 7) is 4.80. The van der Waals surface area contributed by atoms with E-state index in [0.29, 0.717) is 12.2 Å². The van der Waals surface area contributed by atoms with Gasteiger partial charge in [0.25, 0.3) is 5.91 Å². The third-order valence-corrected chi connectivity index (χ3v) is 4.85.